The van der Waals surface area contributed by atoms with Gasteiger partial charge in [0.15, 0.2) is 0 Å². The number of halogens is 1. The van der Waals surface area contributed by atoms with Gasteiger partial charge < -0.3 is 11.1 Å². The zero-order chi connectivity index (χ0) is 17.3. The van der Waals surface area contributed by atoms with E-state index in [4.69, 9.17) is 17.3 Å². The van der Waals surface area contributed by atoms with Crippen LogP contribution in [0.25, 0.3) is 0 Å². The Balaban J connectivity index is 1.62. The van der Waals surface area contributed by atoms with Crippen LogP contribution < -0.4 is 11.1 Å². The molecule has 0 aromatic heterocycles. The zero-order valence-corrected chi connectivity index (χ0v) is 14.2. The summed E-state index contributed by atoms with van der Waals surface area (Å²) < 4.78 is 0. The molecule has 130 valence electrons. The number of carbonyl (C=O) groups is 1. The van der Waals surface area contributed by atoms with E-state index < -0.39 is 4.92 Å². The molecule has 1 aromatic rings. The van der Waals surface area contributed by atoms with Crippen molar-refractivity contribution in [3.63, 3.8) is 0 Å². The maximum atomic E-state index is 12.5. The van der Waals surface area contributed by atoms with Crippen LogP contribution in [0.5, 0.6) is 0 Å². The second kappa shape index (κ2) is 7.07. The number of nitrogens with two attached hydrogens (primary N) is 1. The van der Waals surface area contributed by atoms with Gasteiger partial charge >= 0.3 is 0 Å². The molecule has 1 amide bonds. The third kappa shape index (κ3) is 3.54. The van der Waals surface area contributed by atoms with E-state index in [0.29, 0.717) is 22.4 Å². The summed E-state index contributed by atoms with van der Waals surface area (Å²) in [6, 6.07) is 4.49. The minimum Gasteiger partial charge on any atom is -0.352 e. The van der Waals surface area contributed by atoms with Crippen LogP contribution in [0.3, 0.4) is 0 Å². The summed E-state index contributed by atoms with van der Waals surface area (Å²) in [5, 5.41) is 14.2. The van der Waals surface area contributed by atoms with Crippen molar-refractivity contribution in [2.24, 2.45) is 23.5 Å². The number of carbonyl (C=O) groups excluding carboxylic acids is 1. The van der Waals surface area contributed by atoms with Crippen molar-refractivity contribution in [1.82, 2.24) is 5.32 Å². The van der Waals surface area contributed by atoms with Crippen LogP contribution in [-0.4, -0.2) is 16.9 Å². The summed E-state index contributed by atoms with van der Waals surface area (Å²) in [7, 11) is 0. The quantitative estimate of drug-likeness (QED) is 0.643. The molecule has 1 aromatic carbocycles. The Bertz CT molecular complexity index is 638. The number of nitrogens with one attached hydrogen (secondary N) is 1. The van der Waals surface area contributed by atoms with Crippen LogP contribution >= 0.6 is 11.6 Å². The van der Waals surface area contributed by atoms with Crippen molar-refractivity contribution in [3.8, 4) is 0 Å². The van der Waals surface area contributed by atoms with Gasteiger partial charge in [-0.15, -0.1) is 0 Å². The molecule has 7 heteroatoms. The number of nitrogens with zero attached hydrogens (tertiary/aromatic N) is 1. The van der Waals surface area contributed by atoms with Crippen molar-refractivity contribution in [1.29, 1.82) is 0 Å². The first-order valence-electron chi connectivity index (χ1n) is 8.42. The van der Waals surface area contributed by atoms with Gasteiger partial charge in [-0.3, -0.25) is 14.9 Å². The smallest absolute Gasteiger partial charge is 0.269 e. The number of non-ortho nitro benzene ring substituents is 1. The van der Waals surface area contributed by atoms with Gasteiger partial charge in [0, 0.05) is 35.7 Å². The molecule has 3 N–H and O–H groups in total. The van der Waals surface area contributed by atoms with Crippen LogP contribution in [-0.2, 0) is 11.3 Å². The maximum absolute atomic E-state index is 12.5. The maximum Gasteiger partial charge on any atom is 0.269 e. The fourth-order valence-electron chi connectivity index (χ4n) is 4.14. The normalized spacial score (nSPS) is 29.1. The molecule has 2 saturated carbocycles. The molecule has 0 aliphatic heterocycles. The van der Waals surface area contributed by atoms with Crippen LogP contribution in [0, 0.1) is 27.9 Å². The molecule has 2 unspecified atom stereocenters. The number of nitro groups is 1. The molecule has 2 bridgehead atoms. The first-order valence-corrected chi connectivity index (χ1v) is 8.79. The standard InChI is InChI=1S/C17H22ClN3O3/c18-15-5-4-14(21(23)24)8-13(15)9-20-17(22)12-6-10-2-1-3-11(7-12)16(10)19/h4-5,8,10-12,16H,1-3,6-7,9,19H2,(H,20,22). The number of fused-ring (bicyclic) bond motifs is 2. The van der Waals surface area contributed by atoms with Gasteiger partial charge in [-0.2, -0.15) is 0 Å². The lowest BCUT2D eigenvalue weighted by atomic mass is 9.65. The summed E-state index contributed by atoms with van der Waals surface area (Å²) in [5.41, 5.74) is 6.80. The average Bonchev–Trinajstić information content (AvgIpc) is 2.53. The van der Waals surface area contributed by atoms with Crippen molar-refractivity contribution in [3.05, 3.63) is 38.9 Å². The molecule has 0 spiro atoms. The van der Waals surface area contributed by atoms with Gasteiger partial charge in [0.1, 0.15) is 0 Å². The number of amides is 1. The van der Waals surface area contributed by atoms with E-state index in [1.807, 2.05) is 0 Å². The van der Waals surface area contributed by atoms with Gasteiger partial charge in [0.05, 0.1) is 4.92 Å². The molecule has 2 aliphatic carbocycles. The highest BCUT2D eigenvalue weighted by Crippen LogP contribution is 2.41. The molecule has 2 aliphatic rings. The van der Waals surface area contributed by atoms with E-state index in [1.54, 1.807) is 0 Å². The molecule has 6 nitrogen and oxygen atoms in total. The van der Waals surface area contributed by atoms with Crippen molar-refractivity contribution >= 4 is 23.2 Å². The van der Waals surface area contributed by atoms with Crippen molar-refractivity contribution in [2.45, 2.75) is 44.7 Å². The molecule has 0 heterocycles. The van der Waals surface area contributed by atoms with Gasteiger partial charge in [0.2, 0.25) is 5.91 Å². The monoisotopic (exact) mass is 351 g/mol. The number of nitro benzene ring substituents is 1. The minimum absolute atomic E-state index is 0.00127. The summed E-state index contributed by atoms with van der Waals surface area (Å²) >= 11 is 6.08. The van der Waals surface area contributed by atoms with Crippen molar-refractivity contribution in [2.75, 3.05) is 0 Å². The molecule has 24 heavy (non-hydrogen) atoms. The molecule has 2 atom stereocenters. The van der Waals surface area contributed by atoms with Crippen LogP contribution in [0.4, 0.5) is 5.69 Å². The minimum atomic E-state index is -0.467. The number of hydrogen-bond donors (Lipinski definition) is 2. The van der Waals surface area contributed by atoms with Crippen molar-refractivity contribution < 1.29 is 9.72 Å². The summed E-state index contributed by atoms with van der Waals surface area (Å²) in [6.07, 6.45) is 5.11. The third-order valence-electron chi connectivity index (χ3n) is 5.48. The summed E-state index contributed by atoms with van der Waals surface area (Å²) in [5.74, 6) is 0.864. The first-order chi connectivity index (χ1) is 11.5. The molecule has 3 rings (SSSR count). The Kier molecular flexibility index (Phi) is 5.06. The highest BCUT2D eigenvalue weighted by Gasteiger charge is 2.40. The molecular weight excluding hydrogens is 330 g/mol. The molecular formula is C17H22ClN3O3. The van der Waals surface area contributed by atoms with E-state index in [-0.39, 0.29) is 30.1 Å². The number of rotatable bonds is 4. The second-order valence-electron chi connectivity index (χ2n) is 6.95. The largest absolute Gasteiger partial charge is 0.352 e. The van der Waals surface area contributed by atoms with E-state index in [2.05, 4.69) is 5.32 Å². The SMILES string of the molecule is NC1C2CCCC1CC(C(=O)NCc1cc([N+](=O)[O-])ccc1Cl)C2. The Labute approximate surface area is 145 Å². The second-order valence-corrected chi connectivity index (χ2v) is 7.35. The van der Waals surface area contributed by atoms with Gasteiger partial charge in [0.25, 0.3) is 5.69 Å². The number of benzene rings is 1. The van der Waals surface area contributed by atoms with Crippen LogP contribution in [0.15, 0.2) is 18.2 Å². The van der Waals surface area contributed by atoms with Gasteiger partial charge in [-0.1, -0.05) is 18.0 Å². The predicted molar refractivity (Wildman–Crippen MR) is 91.5 cm³/mol. The van der Waals surface area contributed by atoms with Gasteiger partial charge in [-0.05, 0) is 49.1 Å². The Hall–Kier alpha value is -1.66. The molecule has 0 saturated heterocycles. The lowest BCUT2D eigenvalue weighted by Gasteiger charge is -2.43. The topological polar surface area (TPSA) is 98.3 Å². The summed E-state index contributed by atoms with van der Waals surface area (Å²) in [4.78, 5) is 22.9. The molecule has 2 fully saturated rings. The van der Waals surface area contributed by atoms with E-state index in [1.165, 1.54) is 24.6 Å². The third-order valence-corrected chi connectivity index (χ3v) is 5.85. The van der Waals surface area contributed by atoms with E-state index in [0.717, 1.165) is 25.7 Å². The Morgan fingerprint density at radius 3 is 2.62 bits per heavy atom. The fraction of sp³-hybridized carbons (Fsp3) is 0.588. The summed E-state index contributed by atoms with van der Waals surface area (Å²) in [6.45, 7) is 0.206. The number of hydrogen-bond acceptors (Lipinski definition) is 4. The average molecular weight is 352 g/mol. The molecule has 0 radical (unpaired) electrons. The predicted octanol–water partition coefficient (Wildman–Crippen LogP) is 3.02. The van der Waals surface area contributed by atoms with Crippen LogP contribution in [0.1, 0.15) is 37.7 Å². The van der Waals surface area contributed by atoms with E-state index >= 15 is 0 Å². The first kappa shape index (κ1) is 17.2. The Morgan fingerprint density at radius 2 is 2.00 bits per heavy atom. The fourth-order valence-corrected chi connectivity index (χ4v) is 4.32. The van der Waals surface area contributed by atoms with E-state index in [9.17, 15) is 14.9 Å². The Morgan fingerprint density at radius 1 is 1.33 bits per heavy atom. The lowest BCUT2D eigenvalue weighted by Crippen LogP contribution is -2.49. The zero-order valence-electron chi connectivity index (χ0n) is 13.4. The lowest BCUT2D eigenvalue weighted by molar-refractivity contribution is -0.384. The highest BCUT2D eigenvalue weighted by molar-refractivity contribution is 6.31. The highest BCUT2D eigenvalue weighted by atomic mass is 35.5. The van der Waals surface area contributed by atoms with Gasteiger partial charge in [-0.25, -0.2) is 0 Å². The van der Waals surface area contributed by atoms with Crippen LogP contribution in [0.2, 0.25) is 5.02 Å².